The lowest BCUT2D eigenvalue weighted by molar-refractivity contribution is 0.574. The maximum Gasteiger partial charge on any atom is 0.212 e. The van der Waals surface area contributed by atoms with Crippen molar-refractivity contribution in [3.05, 3.63) is 0 Å². The van der Waals surface area contributed by atoms with Gasteiger partial charge in [-0.1, -0.05) is 0 Å². The summed E-state index contributed by atoms with van der Waals surface area (Å²) in [5, 5.41) is -0.187. The highest BCUT2D eigenvalue weighted by Gasteiger charge is 2.30. The smallest absolute Gasteiger partial charge is 0.212 e. The molecule has 0 aromatic carbocycles. The van der Waals surface area contributed by atoms with Crippen molar-refractivity contribution in [1.29, 1.82) is 0 Å². The van der Waals surface area contributed by atoms with Crippen LogP contribution in [0.2, 0.25) is 0 Å². The van der Waals surface area contributed by atoms with Crippen molar-refractivity contribution in [2.45, 2.75) is 18.2 Å². The lowest BCUT2D eigenvalue weighted by Crippen LogP contribution is -2.34. The predicted octanol–water partition coefficient (Wildman–Crippen LogP) is -0.0322. The van der Waals surface area contributed by atoms with Crippen LogP contribution in [0, 0.1) is 5.92 Å². The molecule has 1 rings (SSSR count). The van der Waals surface area contributed by atoms with E-state index in [9.17, 15) is 16.8 Å². The van der Waals surface area contributed by atoms with Crippen LogP contribution < -0.4 is 4.72 Å². The molecule has 1 saturated carbocycles. The van der Waals surface area contributed by atoms with E-state index < -0.39 is 25.6 Å². The fourth-order valence-corrected chi connectivity index (χ4v) is 4.25. The summed E-state index contributed by atoms with van der Waals surface area (Å²) in [6, 6.07) is 0. The molecule has 1 N–H and O–H groups in total. The number of rotatable bonds is 7. The number of nitrogens with one attached hydrogen (secondary N) is 1. The van der Waals surface area contributed by atoms with Crippen molar-refractivity contribution < 1.29 is 16.8 Å². The Balaban J connectivity index is 2.33. The monoisotopic (exact) mass is 289 g/mol. The minimum Gasteiger partial charge on any atom is -0.229 e. The maximum absolute atomic E-state index is 11.4. The molecule has 8 heteroatoms. The van der Waals surface area contributed by atoms with Crippen LogP contribution in [0.3, 0.4) is 0 Å². The summed E-state index contributed by atoms with van der Waals surface area (Å²) in [6.45, 7) is 0.179. The first-order valence-electron chi connectivity index (χ1n) is 4.99. The van der Waals surface area contributed by atoms with E-state index in [2.05, 4.69) is 4.72 Å². The normalized spacial score (nSPS) is 19.6. The minimum atomic E-state index is -3.53. The maximum atomic E-state index is 11.4. The molecule has 0 saturated heterocycles. The lowest BCUT2D eigenvalue weighted by Gasteiger charge is -2.09. The van der Waals surface area contributed by atoms with Gasteiger partial charge < -0.3 is 0 Å². The van der Waals surface area contributed by atoms with Crippen molar-refractivity contribution in [3.63, 3.8) is 0 Å². The highest BCUT2D eigenvalue weighted by atomic mass is 35.5. The fourth-order valence-electron chi connectivity index (χ4n) is 1.16. The molecule has 1 fully saturated rings. The van der Waals surface area contributed by atoms with Crippen molar-refractivity contribution in [1.82, 2.24) is 4.72 Å². The first kappa shape index (κ1) is 14.2. The van der Waals surface area contributed by atoms with E-state index in [4.69, 9.17) is 11.6 Å². The molecule has 96 valence electrons. The van der Waals surface area contributed by atoms with Gasteiger partial charge in [0, 0.05) is 18.2 Å². The van der Waals surface area contributed by atoms with Crippen molar-refractivity contribution in [3.8, 4) is 0 Å². The summed E-state index contributed by atoms with van der Waals surface area (Å²) in [5.41, 5.74) is 0. The Hall–Kier alpha value is 0.150. The van der Waals surface area contributed by atoms with Crippen LogP contribution >= 0.6 is 11.6 Å². The highest BCUT2D eigenvalue weighted by molar-refractivity contribution is 7.93. The molecule has 5 nitrogen and oxygen atoms in total. The van der Waals surface area contributed by atoms with Crippen LogP contribution in [-0.2, 0) is 19.9 Å². The van der Waals surface area contributed by atoms with Crippen LogP contribution in [0.15, 0.2) is 0 Å². The number of halogens is 1. The van der Waals surface area contributed by atoms with E-state index in [0.717, 1.165) is 19.1 Å². The zero-order valence-electron chi connectivity index (χ0n) is 9.02. The molecular formula is C8H16ClNO4S2. The molecule has 0 aliphatic heterocycles. The second-order valence-electron chi connectivity index (χ2n) is 4.15. The zero-order chi connectivity index (χ0) is 12.4. The third-order valence-corrected chi connectivity index (χ3v) is 5.42. The molecule has 1 atom stereocenters. The molecule has 1 unspecified atom stereocenters. The molecule has 1 aliphatic rings. The number of sulfone groups is 1. The van der Waals surface area contributed by atoms with Gasteiger partial charge in [-0.05, 0) is 18.8 Å². The topological polar surface area (TPSA) is 80.3 Å². The molecular weight excluding hydrogens is 274 g/mol. The minimum absolute atomic E-state index is 0.179. The SMILES string of the molecule is CS(=O)(=O)CCS(=O)(=O)NCC(Cl)C1CC1. The third kappa shape index (κ3) is 6.03. The summed E-state index contributed by atoms with van der Waals surface area (Å²) >= 11 is 5.93. The van der Waals surface area contributed by atoms with Crippen molar-refractivity contribution in [2.75, 3.05) is 24.3 Å². The van der Waals surface area contributed by atoms with E-state index in [1.54, 1.807) is 0 Å². The number of sulfonamides is 1. The Labute approximate surface area is 102 Å². The van der Waals surface area contributed by atoms with Gasteiger partial charge in [-0.3, -0.25) is 0 Å². The molecule has 0 heterocycles. The number of hydrogen-bond acceptors (Lipinski definition) is 4. The van der Waals surface area contributed by atoms with E-state index in [1.807, 2.05) is 0 Å². The molecule has 0 aromatic heterocycles. The van der Waals surface area contributed by atoms with Crippen LogP contribution in [0.1, 0.15) is 12.8 Å². The summed E-state index contributed by atoms with van der Waals surface area (Å²) < 4.78 is 46.7. The van der Waals surface area contributed by atoms with Gasteiger partial charge in [0.15, 0.2) is 0 Å². The molecule has 1 aliphatic carbocycles. The van der Waals surface area contributed by atoms with Crippen LogP contribution in [0.25, 0.3) is 0 Å². The number of hydrogen-bond donors (Lipinski definition) is 1. The average molecular weight is 290 g/mol. The van der Waals surface area contributed by atoms with E-state index in [0.29, 0.717) is 5.92 Å². The summed E-state index contributed by atoms with van der Waals surface area (Å²) in [6.07, 6.45) is 3.09. The first-order valence-corrected chi connectivity index (χ1v) is 9.14. The Morgan fingerprint density at radius 1 is 1.25 bits per heavy atom. The Morgan fingerprint density at radius 2 is 1.81 bits per heavy atom. The van der Waals surface area contributed by atoms with Crippen LogP contribution in [0.5, 0.6) is 0 Å². The van der Waals surface area contributed by atoms with Gasteiger partial charge in [-0.25, -0.2) is 21.6 Å². The fraction of sp³-hybridized carbons (Fsp3) is 1.00. The van der Waals surface area contributed by atoms with Gasteiger partial charge in [0.25, 0.3) is 0 Å². The average Bonchev–Trinajstić information content (AvgIpc) is 2.93. The van der Waals surface area contributed by atoms with Gasteiger partial charge >= 0.3 is 0 Å². The van der Waals surface area contributed by atoms with Gasteiger partial charge in [0.2, 0.25) is 10.0 Å². The van der Waals surface area contributed by atoms with Gasteiger partial charge in [-0.15, -0.1) is 11.6 Å². The summed E-state index contributed by atoms with van der Waals surface area (Å²) in [4.78, 5) is 0. The second kappa shape index (κ2) is 5.20. The van der Waals surface area contributed by atoms with Gasteiger partial charge in [0.1, 0.15) is 9.84 Å². The van der Waals surface area contributed by atoms with Crippen LogP contribution in [-0.4, -0.2) is 46.5 Å². The van der Waals surface area contributed by atoms with E-state index in [1.165, 1.54) is 0 Å². The summed E-state index contributed by atoms with van der Waals surface area (Å²) in [7, 11) is -6.78. The summed E-state index contributed by atoms with van der Waals surface area (Å²) in [5.74, 6) is -0.363. The van der Waals surface area contributed by atoms with E-state index in [-0.39, 0.29) is 17.7 Å². The Kier molecular flexibility index (Phi) is 4.62. The lowest BCUT2D eigenvalue weighted by atomic mass is 10.3. The van der Waals surface area contributed by atoms with Crippen LogP contribution in [0.4, 0.5) is 0 Å². The molecule has 0 spiro atoms. The van der Waals surface area contributed by atoms with E-state index >= 15 is 0 Å². The molecule has 16 heavy (non-hydrogen) atoms. The molecule has 0 aromatic rings. The van der Waals surface area contributed by atoms with Crippen molar-refractivity contribution in [2.24, 2.45) is 5.92 Å². The largest absolute Gasteiger partial charge is 0.229 e. The molecule has 0 bridgehead atoms. The second-order valence-corrected chi connectivity index (χ2v) is 8.90. The number of alkyl halides is 1. The standard InChI is InChI=1S/C8H16ClNO4S2/c1-15(11,12)4-5-16(13,14)10-6-8(9)7-2-3-7/h7-8,10H,2-6H2,1H3. The molecule has 0 radical (unpaired) electrons. The predicted molar refractivity (Wildman–Crippen MR) is 63.9 cm³/mol. The Bertz CT molecular complexity index is 427. The van der Waals surface area contributed by atoms with Crippen molar-refractivity contribution >= 4 is 31.5 Å². The Morgan fingerprint density at radius 3 is 2.25 bits per heavy atom. The zero-order valence-corrected chi connectivity index (χ0v) is 11.4. The highest BCUT2D eigenvalue weighted by Crippen LogP contribution is 2.35. The van der Waals surface area contributed by atoms with Gasteiger partial charge in [-0.2, -0.15) is 0 Å². The van der Waals surface area contributed by atoms with Gasteiger partial charge in [0.05, 0.1) is 11.5 Å². The quantitative estimate of drug-likeness (QED) is 0.667. The molecule has 0 amide bonds. The third-order valence-electron chi connectivity index (χ3n) is 2.35. The first-order chi connectivity index (χ1) is 7.20.